The molecule has 0 bridgehead atoms. The molecule has 0 radical (unpaired) electrons. The van der Waals surface area contributed by atoms with Crippen molar-refractivity contribution in [1.29, 1.82) is 5.26 Å². The molecule has 0 aliphatic rings. The van der Waals surface area contributed by atoms with E-state index in [4.69, 9.17) is 5.26 Å². The predicted octanol–water partition coefficient (Wildman–Crippen LogP) is 6.77. The molecular weight excluding hydrogens is 314 g/mol. The number of nitrogens with zero attached hydrogens (tertiary/aromatic N) is 1. The van der Waals surface area contributed by atoms with Gasteiger partial charge in [-0.2, -0.15) is 5.26 Å². The summed E-state index contributed by atoms with van der Waals surface area (Å²) in [5.41, 5.74) is 7.53. The van der Waals surface area contributed by atoms with Gasteiger partial charge in [-0.15, -0.1) is 6.58 Å². The molecule has 0 aromatic heterocycles. The minimum Gasteiger partial charge on any atom is -0.193 e. The molecule has 0 saturated heterocycles. The van der Waals surface area contributed by atoms with E-state index in [1.807, 2.05) is 25.1 Å². The van der Waals surface area contributed by atoms with E-state index in [1.54, 1.807) is 6.08 Å². The molecule has 2 aromatic rings. The number of nitriles is 1. The van der Waals surface area contributed by atoms with Crippen molar-refractivity contribution in [2.75, 3.05) is 0 Å². The Kier molecular flexibility index (Phi) is 6.94. The quantitative estimate of drug-likeness (QED) is 0.236. The Labute approximate surface area is 157 Å². The molecular formula is C25H25N. The van der Waals surface area contributed by atoms with E-state index in [-0.39, 0.29) is 0 Å². The normalized spacial score (nSPS) is 11.7. The van der Waals surface area contributed by atoms with E-state index in [2.05, 4.69) is 68.6 Å². The van der Waals surface area contributed by atoms with Gasteiger partial charge in [0.15, 0.2) is 0 Å². The van der Waals surface area contributed by atoms with Crippen LogP contribution in [0.25, 0.3) is 17.7 Å². The molecule has 1 heteroatoms. The van der Waals surface area contributed by atoms with Crippen LogP contribution in [0.3, 0.4) is 0 Å². The largest absolute Gasteiger partial charge is 0.193 e. The average molecular weight is 339 g/mol. The van der Waals surface area contributed by atoms with E-state index in [1.165, 1.54) is 16.7 Å². The first kappa shape index (κ1) is 19.2. The molecule has 0 heterocycles. The summed E-state index contributed by atoms with van der Waals surface area (Å²) in [6.07, 6.45) is 9.95. The van der Waals surface area contributed by atoms with E-state index in [0.29, 0.717) is 5.57 Å². The summed E-state index contributed by atoms with van der Waals surface area (Å²) >= 11 is 0. The number of allylic oxidation sites excluding steroid dienone is 4. The van der Waals surface area contributed by atoms with Gasteiger partial charge in [0.25, 0.3) is 0 Å². The molecule has 0 atom stereocenters. The molecule has 0 N–H and O–H groups in total. The fourth-order valence-electron chi connectivity index (χ4n) is 2.87. The highest BCUT2D eigenvalue weighted by molar-refractivity contribution is 5.80. The SMILES string of the molecule is C=CCCc1cc(/C=C/c2cccc(/C(C=C)=C(/C)C#N)c2)ccc1C. The molecule has 0 aliphatic carbocycles. The smallest absolute Gasteiger partial charge is 0.0950 e. The zero-order valence-electron chi connectivity index (χ0n) is 15.6. The van der Waals surface area contributed by atoms with E-state index in [0.717, 1.165) is 29.5 Å². The van der Waals surface area contributed by atoms with Crippen LogP contribution in [0.1, 0.15) is 41.2 Å². The monoisotopic (exact) mass is 339 g/mol. The molecule has 0 aliphatic heterocycles. The fourth-order valence-corrected chi connectivity index (χ4v) is 2.87. The Morgan fingerprint density at radius 2 is 1.81 bits per heavy atom. The van der Waals surface area contributed by atoms with Crippen molar-refractivity contribution >= 4 is 17.7 Å². The van der Waals surface area contributed by atoms with Crippen LogP contribution < -0.4 is 0 Å². The van der Waals surface area contributed by atoms with Crippen LogP contribution in [-0.4, -0.2) is 0 Å². The summed E-state index contributed by atoms with van der Waals surface area (Å²) in [6.45, 7) is 11.6. The average Bonchev–Trinajstić information content (AvgIpc) is 2.67. The summed E-state index contributed by atoms with van der Waals surface area (Å²) < 4.78 is 0. The molecule has 1 nitrogen and oxygen atoms in total. The third-order valence-electron chi connectivity index (χ3n) is 4.43. The van der Waals surface area contributed by atoms with Crippen LogP contribution in [0.4, 0.5) is 0 Å². The van der Waals surface area contributed by atoms with E-state index < -0.39 is 0 Å². The number of hydrogen-bond acceptors (Lipinski definition) is 1. The highest BCUT2D eigenvalue weighted by Gasteiger charge is 2.03. The lowest BCUT2D eigenvalue weighted by molar-refractivity contribution is 0.989. The molecule has 0 unspecified atom stereocenters. The fraction of sp³-hybridized carbons (Fsp3) is 0.160. The maximum Gasteiger partial charge on any atom is 0.0950 e. The van der Waals surface area contributed by atoms with Crippen LogP contribution in [-0.2, 0) is 6.42 Å². The third kappa shape index (κ3) is 4.94. The molecule has 130 valence electrons. The Morgan fingerprint density at radius 3 is 2.46 bits per heavy atom. The minimum absolute atomic E-state index is 0.673. The second-order valence-electron chi connectivity index (χ2n) is 6.33. The molecule has 0 spiro atoms. The molecule has 26 heavy (non-hydrogen) atoms. The number of hydrogen-bond donors (Lipinski definition) is 0. The van der Waals surface area contributed by atoms with Crippen LogP contribution in [0.5, 0.6) is 0 Å². The van der Waals surface area contributed by atoms with Gasteiger partial charge in [0.05, 0.1) is 6.07 Å². The Morgan fingerprint density at radius 1 is 1.08 bits per heavy atom. The second-order valence-corrected chi connectivity index (χ2v) is 6.33. The van der Waals surface area contributed by atoms with Gasteiger partial charge < -0.3 is 0 Å². The van der Waals surface area contributed by atoms with Crippen molar-refractivity contribution in [1.82, 2.24) is 0 Å². The topological polar surface area (TPSA) is 23.8 Å². The maximum absolute atomic E-state index is 9.15. The highest BCUT2D eigenvalue weighted by atomic mass is 14.2. The lowest BCUT2D eigenvalue weighted by Crippen LogP contribution is -1.89. The number of aryl methyl sites for hydroxylation is 2. The lowest BCUT2D eigenvalue weighted by Gasteiger charge is -2.07. The van der Waals surface area contributed by atoms with Gasteiger partial charge in [0, 0.05) is 5.57 Å². The Bertz CT molecular complexity index is 904. The predicted molar refractivity (Wildman–Crippen MR) is 113 cm³/mol. The van der Waals surface area contributed by atoms with Crippen LogP contribution >= 0.6 is 0 Å². The molecule has 0 amide bonds. The Hall–Kier alpha value is -3.11. The van der Waals surface area contributed by atoms with Gasteiger partial charge >= 0.3 is 0 Å². The first-order valence-electron chi connectivity index (χ1n) is 8.81. The standard InChI is InChI=1S/C25H25N/c1-5-7-10-23-16-22(13-12-19(23)3)15-14-21-9-8-11-24(17-21)25(6-2)20(4)18-26/h5-6,8-9,11-17H,1-2,7,10H2,3-4H3/b15-14+,25-20-. The summed E-state index contributed by atoms with van der Waals surface area (Å²) in [6, 6.07) is 16.9. The highest BCUT2D eigenvalue weighted by Crippen LogP contribution is 2.22. The van der Waals surface area contributed by atoms with Crippen molar-refractivity contribution in [2.24, 2.45) is 0 Å². The molecule has 2 rings (SSSR count). The summed E-state index contributed by atoms with van der Waals surface area (Å²) in [5, 5.41) is 9.15. The molecule has 2 aromatic carbocycles. The van der Waals surface area contributed by atoms with Crippen molar-refractivity contribution in [3.05, 3.63) is 101 Å². The van der Waals surface area contributed by atoms with E-state index in [9.17, 15) is 0 Å². The molecule has 0 fully saturated rings. The van der Waals surface area contributed by atoms with Crippen LogP contribution in [0.15, 0.2) is 73.3 Å². The first-order valence-corrected chi connectivity index (χ1v) is 8.81. The summed E-state index contributed by atoms with van der Waals surface area (Å²) in [4.78, 5) is 0. The summed E-state index contributed by atoms with van der Waals surface area (Å²) in [7, 11) is 0. The van der Waals surface area contributed by atoms with Crippen LogP contribution in [0, 0.1) is 18.3 Å². The first-order chi connectivity index (χ1) is 12.6. The van der Waals surface area contributed by atoms with Crippen LogP contribution in [0.2, 0.25) is 0 Å². The number of rotatable bonds is 7. The van der Waals surface area contributed by atoms with Crippen molar-refractivity contribution in [2.45, 2.75) is 26.7 Å². The number of benzene rings is 2. The lowest BCUT2D eigenvalue weighted by atomic mass is 9.98. The summed E-state index contributed by atoms with van der Waals surface area (Å²) in [5.74, 6) is 0. The van der Waals surface area contributed by atoms with Gasteiger partial charge in [-0.05, 0) is 66.1 Å². The zero-order chi connectivity index (χ0) is 18.9. The zero-order valence-corrected chi connectivity index (χ0v) is 15.6. The van der Waals surface area contributed by atoms with Gasteiger partial charge in [-0.1, -0.05) is 67.3 Å². The van der Waals surface area contributed by atoms with Crippen molar-refractivity contribution < 1.29 is 0 Å². The maximum atomic E-state index is 9.15. The van der Waals surface area contributed by atoms with Gasteiger partial charge in [0.2, 0.25) is 0 Å². The minimum atomic E-state index is 0.673. The second kappa shape index (κ2) is 9.39. The van der Waals surface area contributed by atoms with Crippen molar-refractivity contribution in [3.63, 3.8) is 0 Å². The van der Waals surface area contributed by atoms with Gasteiger partial charge in [-0.3, -0.25) is 0 Å². The Balaban J connectivity index is 2.29. The third-order valence-corrected chi connectivity index (χ3v) is 4.43. The van der Waals surface area contributed by atoms with Gasteiger partial charge in [0.1, 0.15) is 0 Å². The van der Waals surface area contributed by atoms with Gasteiger partial charge in [-0.25, -0.2) is 0 Å². The van der Waals surface area contributed by atoms with Crippen molar-refractivity contribution in [3.8, 4) is 6.07 Å². The molecule has 0 saturated carbocycles. The van der Waals surface area contributed by atoms with E-state index >= 15 is 0 Å².